The number of benzene rings is 2. The van der Waals surface area contributed by atoms with E-state index in [9.17, 15) is 14.4 Å². The average Bonchev–Trinajstić information content (AvgIpc) is 3.06. The van der Waals surface area contributed by atoms with Gasteiger partial charge in [-0.3, -0.25) is 14.5 Å². The van der Waals surface area contributed by atoms with E-state index in [0.717, 1.165) is 25.8 Å². The quantitative estimate of drug-likeness (QED) is 0.227. The molecule has 1 saturated heterocycles. The average molecular weight is 581 g/mol. The van der Waals surface area contributed by atoms with E-state index in [4.69, 9.17) is 14.2 Å². The number of halogens is 1. The molecule has 2 aromatic rings. The zero-order valence-corrected chi connectivity index (χ0v) is 21.5. The summed E-state index contributed by atoms with van der Waals surface area (Å²) in [5.74, 6) is 0.0188. The van der Waals surface area contributed by atoms with Crippen molar-refractivity contribution in [1.29, 1.82) is 0 Å². The second-order valence-electron chi connectivity index (χ2n) is 7.02. The van der Waals surface area contributed by atoms with Crippen LogP contribution in [-0.2, 0) is 20.9 Å². The highest BCUT2D eigenvalue weighted by Gasteiger charge is 2.41. The maximum absolute atomic E-state index is 12.8. The number of ether oxygens (including phenoxy) is 3. The third-order valence-corrected chi connectivity index (χ3v) is 6.38. The number of hydrogen-bond donors (Lipinski definition) is 0. The predicted molar refractivity (Wildman–Crippen MR) is 135 cm³/mol. The van der Waals surface area contributed by atoms with Gasteiger partial charge in [-0.05, 0) is 84.5 Å². The first-order valence-electron chi connectivity index (χ1n) is 10.4. The number of amides is 2. The summed E-state index contributed by atoms with van der Waals surface area (Å²) in [5.41, 5.74) is 1.72. The van der Waals surface area contributed by atoms with Crippen molar-refractivity contribution in [1.82, 2.24) is 4.90 Å². The molecular weight excluding hydrogens is 557 g/mol. The molecule has 2 amide bonds. The number of carbonyl (C=O) groups excluding carboxylic acids is 3. The Morgan fingerprint density at radius 2 is 1.85 bits per heavy atom. The first kappa shape index (κ1) is 25.1. The van der Waals surface area contributed by atoms with E-state index in [1.807, 2.05) is 43.3 Å². The number of rotatable bonds is 9. The molecule has 1 aliphatic heterocycles. The first-order chi connectivity index (χ1) is 15.8. The summed E-state index contributed by atoms with van der Waals surface area (Å²) in [5, 5.41) is -0.505. The molecule has 0 aromatic heterocycles. The highest BCUT2D eigenvalue weighted by Crippen LogP contribution is 2.38. The van der Waals surface area contributed by atoms with Gasteiger partial charge < -0.3 is 14.2 Å². The van der Waals surface area contributed by atoms with Gasteiger partial charge >= 0.3 is 5.97 Å². The molecule has 1 aliphatic rings. The summed E-state index contributed by atoms with van der Waals surface area (Å²) in [6.45, 7) is 6.03. The summed E-state index contributed by atoms with van der Waals surface area (Å²) in [7, 11) is 0. The van der Waals surface area contributed by atoms with Gasteiger partial charge in [0.05, 0.1) is 21.7 Å². The third kappa shape index (κ3) is 6.08. The van der Waals surface area contributed by atoms with Gasteiger partial charge in [-0.15, -0.1) is 0 Å². The van der Waals surface area contributed by atoms with Crippen LogP contribution in [0.1, 0.15) is 31.9 Å². The molecule has 0 saturated carbocycles. The standard InChI is InChI=1S/C24H24INO6S/c1-4-30-19-12-17(11-18(25)21(19)32-14-16-9-7-6-8-10-16)13-20-22(27)26(24(29)33-20)15(3)23(28)31-5-2/h6-13,15H,4-5,14H2,1-3H3/b20-13+/t15-/m1/s1. The van der Waals surface area contributed by atoms with E-state index in [-0.39, 0.29) is 11.5 Å². The Balaban J connectivity index is 1.85. The zero-order chi connectivity index (χ0) is 24.0. The van der Waals surface area contributed by atoms with Crippen molar-refractivity contribution < 1.29 is 28.6 Å². The molecule has 9 heteroatoms. The summed E-state index contributed by atoms with van der Waals surface area (Å²) in [6, 6.07) is 12.4. The Morgan fingerprint density at radius 3 is 2.52 bits per heavy atom. The van der Waals surface area contributed by atoms with Gasteiger partial charge in [0.15, 0.2) is 11.5 Å². The fourth-order valence-electron chi connectivity index (χ4n) is 3.14. The lowest BCUT2D eigenvalue weighted by molar-refractivity contribution is -0.150. The van der Waals surface area contributed by atoms with Gasteiger partial charge in [0, 0.05) is 0 Å². The number of thioether (sulfide) groups is 1. The SMILES string of the molecule is CCOC(=O)[C@@H](C)N1C(=O)S/C(=C/c2cc(I)c(OCc3ccccc3)c(OCC)c2)C1=O. The largest absolute Gasteiger partial charge is 0.490 e. The van der Waals surface area contributed by atoms with Crippen molar-refractivity contribution in [3.63, 3.8) is 0 Å². The zero-order valence-electron chi connectivity index (χ0n) is 18.5. The van der Waals surface area contributed by atoms with Crippen LogP contribution in [0.4, 0.5) is 4.79 Å². The number of nitrogens with zero attached hydrogens (tertiary/aromatic N) is 1. The molecule has 7 nitrogen and oxygen atoms in total. The van der Waals surface area contributed by atoms with E-state index in [1.54, 1.807) is 19.1 Å². The van der Waals surface area contributed by atoms with E-state index in [0.29, 0.717) is 30.3 Å². The summed E-state index contributed by atoms with van der Waals surface area (Å²) >= 11 is 2.95. The van der Waals surface area contributed by atoms with Crippen LogP contribution in [0.5, 0.6) is 11.5 Å². The van der Waals surface area contributed by atoms with E-state index < -0.39 is 23.2 Å². The Kier molecular flexibility index (Phi) is 8.79. The van der Waals surface area contributed by atoms with Gasteiger partial charge in [0.25, 0.3) is 11.1 Å². The van der Waals surface area contributed by atoms with Crippen LogP contribution in [0.2, 0.25) is 0 Å². The lowest BCUT2D eigenvalue weighted by Crippen LogP contribution is -2.42. The van der Waals surface area contributed by atoms with Gasteiger partial charge in [0.1, 0.15) is 12.6 Å². The summed E-state index contributed by atoms with van der Waals surface area (Å²) in [4.78, 5) is 38.4. The van der Waals surface area contributed by atoms with Crippen molar-refractivity contribution in [2.24, 2.45) is 0 Å². The van der Waals surface area contributed by atoms with Crippen molar-refractivity contribution in [2.45, 2.75) is 33.4 Å². The molecule has 0 N–H and O–H groups in total. The molecule has 0 spiro atoms. The highest BCUT2D eigenvalue weighted by molar-refractivity contribution is 14.1. The van der Waals surface area contributed by atoms with Crippen LogP contribution in [0, 0.1) is 3.57 Å². The van der Waals surface area contributed by atoms with Gasteiger partial charge in [-0.25, -0.2) is 4.79 Å². The van der Waals surface area contributed by atoms with Crippen LogP contribution < -0.4 is 9.47 Å². The summed E-state index contributed by atoms with van der Waals surface area (Å²) in [6.07, 6.45) is 1.62. The van der Waals surface area contributed by atoms with Crippen molar-refractivity contribution in [2.75, 3.05) is 13.2 Å². The third-order valence-electron chi connectivity index (χ3n) is 4.69. The second kappa shape index (κ2) is 11.6. The fraction of sp³-hybridized carbons (Fsp3) is 0.292. The van der Waals surface area contributed by atoms with Gasteiger partial charge in [-0.1, -0.05) is 30.3 Å². The molecule has 0 radical (unpaired) electrons. The topological polar surface area (TPSA) is 82.1 Å². The lowest BCUT2D eigenvalue weighted by atomic mass is 10.1. The Hall–Kier alpha value is -2.53. The Labute approximate surface area is 210 Å². The van der Waals surface area contributed by atoms with Gasteiger partial charge in [-0.2, -0.15) is 0 Å². The van der Waals surface area contributed by atoms with E-state index >= 15 is 0 Å². The first-order valence-corrected chi connectivity index (χ1v) is 12.3. The second-order valence-corrected chi connectivity index (χ2v) is 9.17. The molecule has 174 valence electrons. The van der Waals surface area contributed by atoms with Crippen molar-refractivity contribution in [3.8, 4) is 11.5 Å². The van der Waals surface area contributed by atoms with Crippen LogP contribution >= 0.6 is 34.4 Å². The Morgan fingerprint density at radius 1 is 1.12 bits per heavy atom. The molecule has 2 aromatic carbocycles. The smallest absolute Gasteiger partial charge is 0.329 e. The van der Waals surface area contributed by atoms with E-state index in [2.05, 4.69) is 22.6 Å². The minimum atomic E-state index is -0.990. The van der Waals surface area contributed by atoms with Crippen LogP contribution in [-0.4, -0.2) is 41.3 Å². The maximum atomic E-state index is 12.8. The number of hydrogen-bond acceptors (Lipinski definition) is 7. The number of esters is 1. The molecular formula is C24H24INO6S. The van der Waals surface area contributed by atoms with Crippen LogP contribution in [0.25, 0.3) is 6.08 Å². The maximum Gasteiger partial charge on any atom is 0.329 e. The van der Waals surface area contributed by atoms with Crippen molar-refractivity contribution in [3.05, 3.63) is 62.1 Å². The minimum Gasteiger partial charge on any atom is -0.490 e. The predicted octanol–water partition coefficient (Wildman–Crippen LogP) is 5.26. The fourth-order valence-corrected chi connectivity index (χ4v) is 4.83. The number of carbonyl (C=O) groups is 3. The molecule has 0 aliphatic carbocycles. The molecule has 3 rings (SSSR count). The minimum absolute atomic E-state index is 0.173. The van der Waals surface area contributed by atoms with Crippen molar-refractivity contribution >= 4 is 57.5 Å². The van der Waals surface area contributed by atoms with E-state index in [1.165, 1.54) is 6.92 Å². The normalized spacial score (nSPS) is 15.6. The number of imide groups is 1. The van der Waals surface area contributed by atoms with Crippen LogP contribution in [0.15, 0.2) is 47.4 Å². The molecule has 1 atom stereocenters. The van der Waals surface area contributed by atoms with Crippen LogP contribution in [0.3, 0.4) is 0 Å². The lowest BCUT2D eigenvalue weighted by Gasteiger charge is -2.19. The summed E-state index contributed by atoms with van der Waals surface area (Å²) < 4.78 is 17.6. The van der Waals surface area contributed by atoms with Gasteiger partial charge in [0.2, 0.25) is 0 Å². The Bertz CT molecular complexity index is 1070. The molecule has 0 bridgehead atoms. The monoisotopic (exact) mass is 581 g/mol. The molecule has 1 heterocycles. The molecule has 33 heavy (non-hydrogen) atoms. The molecule has 1 fully saturated rings. The highest BCUT2D eigenvalue weighted by atomic mass is 127. The molecule has 0 unspecified atom stereocenters.